The fraction of sp³-hybridized carbons (Fsp3) is 0.500. The number of nitrogens with zero attached hydrogens (tertiary/aromatic N) is 2. The number of thiocarbonyl (C=S) groups is 1. The molecule has 1 saturated heterocycles. The molecule has 1 N–H and O–H groups in total. The summed E-state index contributed by atoms with van der Waals surface area (Å²) >= 11 is 4.65. The summed E-state index contributed by atoms with van der Waals surface area (Å²) in [5.41, 5.74) is 4.79. The standard InChI is InChI=1S/C14H20N3S/c1-12(2)16-7-9-17(10-8-16)14-5-3-13(4-6-14)15-11-18/h3-6,12H,7-10H2,1-2H3,(H,15,18). The molecule has 0 atom stereocenters. The van der Waals surface area contributed by atoms with Crippen molar-refractivity contribution < 1.29 is 0 Å². The zero-order valence-corrected chi connectivity index (χ0v) is 11.8. The number of nitrogens with one attached hydrogen (secondary N) is 1. The quantitative estimate of drug-likeness (QED) is 0.663. The molecular formula is C14H20N3S. The van der Waals surface area contributed by atoms with Crippen molar-refractivity contribution in [3.05, 3.63) is 24.3 Å². The molecule has 1 aromatic carbocycles. The van der Waals surface area contributed by atoms with E-state index in [1.807, 2.05) is 12.1 Å². The summed E-state index contributed by atoms with van der Waals surface area (Å²) < 4.78 is 0. The molecule has 3 nitrogen and oxygen atoms in total. The van der Waals surface area contributed by atoms with Crippen LogP contribution in [0.5, 0.6) is 0 Å². The predicted molar refractivity (Wildman–Crippen MR) is 81.6 cm³/mol. The Morgan fingerprint density at radius 3 is 2.22 bits per heavy atom. The fourth-order valence-electron chi connectivity index (χ4n) is 2.31. The monoisotopic (exact) mass is 262 g/mol. The van der Waals surface area contributed by atoms with Crippen molar-refractivity contribution in [1.82, 2.24) is 4.90 Å². The zero-order valence-electron chi connectivity index (χ0n) is 11.0. The van der Waals surface area contributed by atoms with Gasteiger partial charge in [-0.25, -0.2) is 0 Å². The Kier molecular flexibility index (Phi) is 4.55. The lowest BCUT2D eigenvalue weighted by atomic mass is 10.2. The Balaban J connectivity index is 1.94. The Morgan fingerprint density at radius 1 is 1.11 bits per heavy atom. The highest BCUT2D eigenvalue weighted by Gasteiger charge is 2.18. The molecule has 1 radical (unpaired) electrons. The molecule has 1 aliphatic rings. The van der Waals surface area contributed by atoms with Gasteiger partial charge in [0.05, 0.1) is 0 Å². The fourth-order valence-corrected chi connectivity index (χ4v) is 2.43. The van der Waals surface area contributed by atoms with Crippen LogP contribution in [0.3, 0.4) is 0 Å². The van der Waals surface area contributed by atoms with Gasteiger partial charge in [-0.1, -0.05) is 12.2 Å². The molecule has 1 fully saturated rings. The predicted octanol–water partition coefficient (Wildman–Crippen LogP) is 2.46. The first-order valence-corrected chi connectivity index (χ1v) is 6.84. The van der Waals surface area contributed by atoms with Crippen LogP contribution in [0.1, 0.15) is 13.8 Å². The van der Waals surface area contributed by atoms with E-state index < -0.39 is 0 Å². The number of piperazine rings is 1. The van der Waals surface area contributed by atoms with Gasteiger partial charge in [-0.2, -0.15) is 0 Å². The van der Waals surface area contributed by atoms with Crippen LogP contribution in [-0.4, -0.2) is 42.6 Å². The van der Waals surface area contributed by atoms with Gasteiger partial charge in [0.25, 0.3) is 0 Å². The highest BCUT2D eigenvalue weighted by Crippen LogP contribution is 2.19. The number of hydrogen-bond acceptors (Lipinski definition) is 3. The minimum atomic E-state index is 0.650. The van der Waals surface area contributed by atoms with Gasteiger partial charge >= 0.3 is 0 Å². The maximum Gasteiger partial charge on any atom is 0.138 e. The van der Waals surface area contributed by atoms with Crippen LogP contribution in [0.15, 0.2) is 24.3 Å². The van der Waals surface area contributed by atoms with Gasteiger partial charge in [0.15, 0.2) is 0 Å². The summed E-state index contributed by atoms with van der Waals surface area (Å²) in [4.78, 5) is 4.96. The summed E-state index contributed by atoms with van der Waals surface area (Å²) in [6, 6.07) is 9.02. The molecular weight excluding hydrogens is 242 g/mol. The van der Waals surface area contributed by atoms with Crippen LogP contribution >= 0.6 is 12.2 Å². The average molecular weight is 262 g/mol. The maximum atomic E-state index is 4.65. The summed E-state index contributed by atoms with van der Waals surface area (Å²) in [6.45, 7) is 9.01. The third-order valence-electron chi connectivity index (χ3n) is 3.47. The van der Waals surface area contributed by atoms with Crippen molar-refractivity contribution in [1.29, 1.82) is 0 Å². The molecule has 0 saturated carbocycles. The van der Waals surface area contributed by atoms with Crippen LogP contribution in [0, 0.1) is 0 Å². The van der Waals surface area contributed by atoms with Gasteiger partial charge in [0, 0.05) is 43.6 Å². The lowest BCUT2D eigenvalue weighted by molar-refractivity contribution is 0.209. The molecule has 0 spiro atoms. The minimum absolute atomic E-state index is 0.650. The molecule has 97 valence electrons. The van der Waals surface area contributed by atoms with E-state index in [2.05, 4.69) is 58.8 Å². The summed E-state index contributed by atoms with van der Waals surface area (Å²) in [5, 5.41) is 2.90. The molecule has 0 amide bonds. The smallest absolute Gasteiger partial charge is 0.138 e. The van der Waals surface area contributed by atoms with Crippen molar-refractivity contribution in [2.45, 2.75) is 19.9 Å². The average Bonchev–Trinajstić information content (AvgIpc) is 2.40. The van der Waals surface area contributed by atoms with E-state index in [0.29, 0.717) is 6.04 Å². The van der Waals surface area contributed by atoms with Crippen molar-refractivity contribution in [3.8, 4) is 0 Å². The molecule has 0 bridgehead atoms. The SMILES string of the molecule is CC(C)N1CCN(c2ccc(N[C]=S)cc2)CC1. The van der Waals surface area contributed by atoms with E-state index in [1.54, 1.807) is 0 Å². The number of hydrogen-bond donors (Lipinski definition) is 1. The van der Waals surface area contributed by atoms with Gasteiger partial charge in [0.1, 0.15) is 5.49 Å². The normalized spacial score (nSPS) is 16.9. The lowest BCUT2D eigenvalue weighted by Crippen LogP contribution is -2.48. The number of rotatable bonds is 4. The second kappa shape index (κ2) is 6.16. The molecule has 1 aromatic rings. The van der Waals surface area contributed by atoms with E-state index >= 15 is 0 Å². The third kappa shape index (κ3) is 3.21. The minimum Gasteiger partial charge on any atom is -0.369 e. The molecule has 0 aliphatic carbocycles. The van der Waals surface area contributed by atoms with E-state index in [0.717, 1.165) is 31.9 Å². The first kappa shape index (κ1) is 13.3. The molecule has 1 aliphatic heterocycles. The largest absolute Gasteiger partial charge is 0.369 e. The highest BCUT2D eigenvalue weighted by molar-refractivity contribution is 7.79. The molecule has 0 unspecified atom stereocenters. The second-order valence-electron chi connectivity index (χ2n) is 4.89. The molecule has 1 heterocycles. The number of benzene rings is 1. The highest BCUT2D eigenvalue weighted by atomic mass is 32.1. The van der Waals surface area contributed by atoms with Gasteiger partial charge < -0.3 is 10.2 Å². The topological polar surface area (TPSA) is 18.5 Å². The van der Waals surface area contributed by atoms with Crippen molar-refractivity contribution in [2.24, 2.45) is 0 Å². The van der Waals surface area contributed by atoms with Gasteiger partial charge in [-0.3, -0.25) is 4.90 Å². The van der Waals surface area contributed by atoms with Gasteiger partial charge in [-0.15, -0.1) is 0 Å². The summed E-state index contributed by atoms with van der Waals surface area (Å²) in [6.07, 6.45) is 0. The first-order valence-electron chi connectivity index (χ1n) is 6.43. The van der Waals surface area contributed by atoms with Gasteiger partial charge in [0.2, 0.25) is 0 Å². The van der Waals surface area contributed by atoms with Crippen LogP contribution in [0.25, 0.3) is 0 Å². The number of anilines is 2. The van der Waals surface area contributed by atoms with Crippen molar-refractivity contribution in [2.75, 3.05) is 36.4 Å². The van der Waals surface area contributed by atoms with Crippen LogP contribution in [-0.2, 0) is 0 Å². The summed E-state index contributed by atoms with van der Waals surface area (Å²) in [7, 11) is 0. The Morgan fingerprint density at radius 2 is 1.72 bits per heavy atom. The van der Waals surface area contributed by atoms with Gasteiger partial charge in [-0.05, 0) is 38.1 Å². The lowest BCUT2D eigenvalue weighted by Gasteiger charge is -2.38. The third-order valence-corrected chi connectivity index (χ3v) is 3.57. The zero-order chi connectivity index (χ0) is 13.0. The molecule has 4 heteroatoms. The van der Waals surface area contributed by atoms with Crippen molar-refractivity contribution >= 4 is 29.1 Å². The van der Waals surface area contributed by atoms with E-state index in [4.69, 9.17) is 0 Å². The Labute approximate surface area is 115 Å². The van der Waals surface area contributed by atoms with Crippen LogP contribution < -0.4 is 10.2 Å². The second-order valence-corrected chi connectivity index (χ2v) is 5.09. The Hall–Kier alpha value is -1.13. The van der Waals surface area contributed by atoms with E-state index in [-0.39, 0.29) is 0 Å². The van der Waals surface area contributed by atoms with Crippen LogP contribution in [0.4, 0.5) is 11.4 Å². The molecule has 18 heavy (non-hydrogen) atoms. The van der Waals surface area contributed by atoms with Crippen molar-refractivity contribution in [3.63, 3.8) is 0 Å². The summed E-state index contributed by atoms with van der Waals surface area (Å²) in [5.74, 6) is 0. The maximum absolute atomic E-state index is 4.65. The van der Waals surface area contributed by atoms with E-state index in [9.17, 15) is 0 Å². The first-order chi connectivity index (χ1) is 8.70. The molecule has 0 aromatic heterocycles. The van der Waals surface area contributed by atoms with E-state index in [1.165, 1.54) is 5.69 Å². The molecule has 2 rings (SSSR count). The Bertz CT molecular complexity index is 381. The van der Waals surface area contributed by atoms with Crippen LogP contribution in [0.2, 0.25) is 0 Å².